The lowest BCUT2D eigenvalue weighted by Crippen LogP contribution is -2.54. The molecule has 110 valence electrons. The average Bonchev–Trinajstić information content (AvgIpc) is 2.33. The summed E-state index contributed by atoms with van der Waals surface area (Å²) in [5.74, 6) is -1.04. The molecule has 2 N–H and O–H groups in total. The molecule has 0 spiro atoms. The second kappa shape index (κ2) is 6.26. The Kier molecular flexibility index (Phi) is 5.16. The highest BCUT2D eigenvalue weighted by Gasteiger charge is 2.37. The zero-order chi connectivity index (χ0) is 15.5. The molecule has 0 unspecified atom stereocenters. The number of nitrogens with zero attached hydrogens (tertiary/aromatic N) is 1. The standard InChI is InChI=1S/C14H19BrN2O3/c1-5-17(14(3,4)12(18)19)13(20)16-11-7-6-9(2)8-10(11)15/h6-8H,5H2,1-4H3,(H,16,20)(H,18,19). The van der Waals surface area contributed by atoms with E-state index in [0.717, 1.165) is 10.0 Å². The summed E-state index contributed by atoms with van der Waals surface area (Å²) < 4.78 is 0.759. The lowest BCUT2D eigenvalue weighted by atomic mass is 10.0. The first-order chi connectivity index (χ1) is 9.20. The number of anilines is 1. The van der Waals surface area contributed by atoms with Crippen LogP contribution >= 0.6 is 15.9 Å². The zero-order valence-corrected chi connectivity index (χ0v) is 13.6. The van der Waals surface area contributed by atoms with Crippen molar-refractivity contribution in [2.24, 2.45) is 0 Å². The number of aliphatic carboxylic acids is 1. The van der Waals surface area contributed by atoms with Crippen LogP contribution in [0.3, 0.4) is 0 Å². The van der Waals surface area contributed by atoms with Crippen LogP contribution in [0.5, 0.6) is 0 Å². The Morgan fingerprint density at radius 2 is 2.00 bits per heavy atom. The molecule has 0 saturated heterocycles. The van der Waals surface area contributed by atoms with E-state index in [-0.39, 0.29) is 0 Å². The lowest BCUT2D eigenvalue weighted by Gasteiger charge is -2.34. The predicted molar refractivity (Wildman–Crippen MR) is 82.0 cm³/mol. The van der Waals surface area contributed by atoms with E-state index in [2.05, 4.69) is 21.2 Å². The molecule has 0 aliphatic rings. The number of benzene rings is 1. The van der Waals surface area contributed by atoms with E-state index < -0.39 is 17.5 Å². The second-order valence-electron chi connectivity index (χ2n) is 5.02. The molecule has 0 aliphatic heterocycles. The number of nitrogens with one attached hydrogen (secondary N) is 1. The minimum Gasteiger partial charge on any atom is -0.480 e. The van der Waals surface area contributed by atoms with Crippen molar-refractivity contribution in [3.05, 3.63) is 28.2 Å². The van der Waals surface area contributed by atoms with Crippen LogP contribution in [0.15, 0.2) is 22.7 Å². The van der Waals surface area contributed by atoms with E-state index in [4.69, 9.17) is 0 Å². The van der Waals surface area contributed by atoms with Crippen molar-refractivity contribution in [2.45, 2.75) is 33.2 Å². The number of carboxylic acids is 1. The molecule has 0 aliphatic carbocycles. The van der Waals surface area contributed by atoms with Crippen molar-refractivity contribution in [1.82, 2.24) is 4.90 Å². The van der Waals surface area contributed by atoms with Crippen molar-refractivity contribution < 1.29 is 14.7 Å². The molecule has 20 heavy (non-hydrogen) atoms. The van der Waals surface area contributed by atoms with Gasteiger partial charge in [0, 0.05) is 11.0 Å². The Bertz CT molecular complexity index is 529. The maximum atomic E-state index is 12.3. The smallest absolute Gasteiger partial charge is 0.329 e. The largest absolute Gasteiger partial charge is 0.480 e. The number of aryl methyl sites for hydroxylation is 1. The van der Waals surface area contributed by atoms with Crippen LogP contribution in [0.4, 0.5) is 10.5 Å². The van der Waals surface area contributed by atoms with Gasteiger partial charge in [0.05, 0.1) is 5.69 Å². The predicted octanol–water partition coefficient (Wildman–Crippen LogP) is 3.47. The Hall–Kier alpha value is -1.56. The summed E-state index contributed by atoms with van der Waals surface area (Å²) in [6.45, 7) is 7.00. The topological polar surface area (TPSA) is 69.6 Å². The number of halogens is 1. The summed E-state index contributed by atoms with van der Waals surface area (Å²) in [5.41, 5.74) is 0.407. The van der Waals surface area contributed by atoms with Crippen LogP contribution in [-0.4, -0.2) is 34.1 Å². The SMILES string of the molecule is CCN(C(=O)Nc1ccc(C)cc1Br)C(C)(C)C(=O)O. The first-order valence-electron chi connectivity index (χ1n) is 6.28. The fourth-order valence-corrected chi connectivity index (χ4v) is 2.40. The van der Waals surface area contributed by atoms with Crippen molar-refractivity contribution in [3.63, 3.8) is 0 Å². The minimum absolute atomic E-state index is 0.300. The van der Waals surface area contributed by atoms with Crippen LogP contribution in [0.25, 0.3) is 0 Å². The van der Waals surface area contributed by atoms with Crippen LogP contribution < -0.4 is 5.32 Å². The molecule has 2 amide bonds. The van der Waals surface area contributed by atoms with Gasteiger partial charge < -0.3 is 15.3 Å². The van der Waals surface area contributed by atoms with Gasteiger partial charge in [0.1, 0.15) is 5.54 Å². The van der Waals surface area contributed by atoms with E-state index in [0.29, 0.717) is 12.2 Å². The number of carboxylic acid groups (broad SMARTS) is 1. The van der Waals surface area contributed by atoms with Gasteiger partial charge in [0.25, 0.3) is 0 Å². The highest BCUT2D eigenvalue weighted by atomic mass is 79.9. The van der Waals surface area contributed by atoms with Gasteiger partial charge in [-0.2, -0.15) is 0 Å². The Morgan fingerprint density at radius 1 is 1.40 bits per heavy atom. The number of urea groups is 1. The van der Waals surface area contributed by atoms with Gasteiger partial charge in [0.2, 0.25) is 0 Å². The van der Waals surface area contributed by atoms with Crippen molar-refractivity contribution in [3.8, 4) is 0 Å². The number of carbonyl (C=O) groups is 2. The molecule has 1 rings (SSSR count). The van der Waals surface area contributed by atoms with Crippen molar-refractivity contribution in [2.75, 3.05) is 11.9 Å². The summed E-state index contributed by atoms with van der Waals surface area (Å²) in [4.78, 5) is 24.8. The third-order valence-electron chi connectivity index (χ3n) is 3.13. The van der Waals surface area contributed by atoms with Gasteiger partial charge in [-0.05, 0) is 61.3 Å². The Balaban J connectivity index is 2.96. The van der Waals surface area contributed by atoms with E-state index in [1.165, 1.54) is 18.7 Å². The molecule has 5 nitrogen and oxygen atoms in total. The third-order valence-corrected chi connectivity index (χ3v) is 3.78. The number of hydrogen-bond acceptors (Lipinski definition) is 2. The molecular weight excluding hydrogens is 324 g/mol. The summed E-state index contributed by atoms with van der Waals surface area (Å²) >= 11 is 3.38. The van der Waals surface area contributed by atoms with E-state index in [1.54, 1.807) is 13.0 Å². The van der Waals surface area contributed by atoms with E-state index >= 15 is 0 Å². The van der Waals surface area contributed by atoms with Crippen LogP contribution in [-0.2, 0) is 4.79 Å². The average molecular weight is 343 g/mol. The van der Waals surface area contributed by atoms with Gasteiger partial charge >= 0.3 is 12.0 Å². The Labute approximate surface area is 127 Å². The monoisotopic (exact) mass is 342 g/mol. The molecule has 0 bridgehead atoms. The lowest BCUT2D eigenvalue weighted by molar-refractivity contribution is -0.147. The number of carbonyl (C=O) groups excluding carboxylic acids is 1. The molecule has 0 fully saturated rings. The highest BCUT2D eigenvalue weighted by molar-refractivity contribution is 9.10. The van der Waals surface area contributed by atoms with Crippen molar-refractivity contribution >= 4 is 33.6 Å². The summed E-state index contributed by atoms with van der Waals surface area (Å²) in [7, 11) is 0. The number of hydrogen-bond donors (Lipinski definition) is 2. The van der Waals surface area contributed by atoms with E-state index in [9.17, 15) is 14.7 Å². The van der Waals surface area contributed by atoms with Gasteiger partial charge in [-0.1, -0.05) is 6.07 Å². The molecule has 1 aromatic carbocycles. The summed E-state index contributed by atoms with van der Waals surface area (Å²) in [6, 6.07) is 5.09. The first kappa shape index (κ1) is 16.5. The van der Waals surface area contributed by atoms with Gasteiger partial charge in [-0.25, -0.2) is 9.59 Å². The number of amides is 2. The quantitative estimate of drug-likeness (QED) is 0.879. The van der Waals surface area contributed by atoms with Crippen LogP contribution in [0.1, 0.15) is 26.3 Å². The second-order valence-corrected chi connectivity index (χ2v) is 5.88. The van der Waals surface area contributed by atoms with Gasteiger partial charge in [-0.3, -0.25) is 0 Å². The third kappa shape index (κ3) is 3.50. The summed E-state index contributed by atoms with van der Waals surface area (Å²) in [5, 5.41) is 11.9. The maximum absolute atomic E-state index is 12.3. The minimum atomic E-state index is -1.27. The van der Waals surface area contributed by atoms with Gasteiger partial charge in [-0.15, -0.1) is 0 Å². The molecule has 6 heteroatoms. The molecule has 0 aromatic heterocycles. The van der Waals surface area contributed by atoms with Gasteiger partial charge in [0.15, 0.2) is 0 Å². The van der Waals surface area contributed by atoms with E-state index in [1.807, 2.05) is 19.1 Å². The molecule has 1 aromatic rings. The summed E-state index contributed by atoms with van der Waals surface area (Å²) in [6.07, 6.45) is 0. The highest BCUT2D eigenvalue weighted by Crippen LogP contribution is 2.25. The zero-order valence-electron chi connectivity index (χ0n) is 12.0. The Morgan fingerprint density at radius 3 is 2.45 bits per heavy atom. The number of rotatable bonds is 4. The first-order valence-corrected chi connectivity index (χ1v) is 7.07. The fourth-order valence-electron chi connectivity index (χ4n) is 1.81. The van der Waals surface area contributed by atoms with Crippen molar-refractivity contribution in [1.29, 1.82) is 0 Å². The molecule has 0 heterocycles. The molecule has 0 saturated carbocycles. The normalized spacial score (nSPS) is 11.1. The maximum Gasteiger partial charge on any atom is 0.329 e. The molecule has 0 atom stereocenters. The van der Waals surface area contributed by atoms with Crippen LogP contribution in [0, 0.1) is 6.92 Å². The molecule has 0 radical (unpaired) electrons. The molecular formula is C14H19BrN2O3. The van der Waals surface area contributed by atoms with Crippen LogP contribution in [0.2, 0.25) is 0 Å². The number of likely N-dealkylation sites (N-methyl/N-ethyl adjacent to an activating group) is 1. The fraction of sp³-hybridized carbons (Fsp3) is 0.429.